The van der Waals surface area contributed by atoms with Gasteiger partial charge in [-0.15, -0.1) is 0 Å². The lowest BCUT2D eigenvalue weighted by Gasteiger charge is -2.32. The number of carbonyl (C=O) groups is 3. The molecule has 1 aromatic carbocycles. The molecule has 0 amide bonds. The number of nitrogens with one attached hydrogen (secondary N) is 1. The molecule has 47 heavy (non-hydrogen) atoms. The van der Waals surface area contributed by atoms with Crippen LogP contribution in [-0.4, -0.2) is 116 Å². The fourth-order valence-corrected chi connectivity index (χ4v) is 5.57. The first-order valence-electron chi connectivity index (χ1n) is 14.9. The number of benzene rings is 1. The number of rotatable bonds is 7. The third-order valence-corrected chi connectivity index (χ3v) is 7.77. The van der Waals surface area contributed by atoms with Crippen LogP contribution in [0.1, 0.15) is 50.1 Å². The topological polar surface area (TPSA) is 198 Å². The second-order valence-corrected chi connectivity index (χ2v) is 11.0. The highest BCUT2D eigenvalue weighted by Crippen LogP contribution is 2.32. The Balaban J connectivity index is 0.000000768. The van der Waals surface area contributed by atoms with Gasteiger partial charge in [-0.1, -0.05) is 12.1 Å². The maximum absolute atomic E-state index is 14.0. The van der Waals surface area contributed by atoms with Gasteiger partial charge in [-0.05, 0) is 56.2 Å². The summed E-state index contributed by atoms with van der Waals surface area (Å²) in [6.45, 7) is 4.09. The summed E-state index contributed by atoms with van der Waals surface area (Å²) in [6.07, 6.45) is -1.38. The molecule has 3 heterocycles. The van der Waals surface area contributed by atoms with Crippen LogP contribution in [0.5, 0.6) is 0 Å². The van der Waals surface area contributed by atoms with E-state index in [2.05, 4.69) is 32.1 Å². The van der Waals surface area contributed by atoms with E-state index in [1.54, 1.807) is 10.8 Å². The Hall–Kier alpha value is -4.35. The van der Waals surface area contributed by atoms with E-state index in [-0.39, 0.29) is 56.0 Å². The van der Waals surface area contributed by atoms with Crippen molar-refractivity contribution in [1.82, 2.24) is 24.3 Å². The second-order valence-electron chi connectivity index (χ2n) is 11.0. The van der Waals surface area contributed by atoms with Gasteiger partial charge in [0.15, 0.2) is 0 Å². The van der Waals surface area contributed by atoms with Gasteiger partial charge in [0.05, 0.1) is 6.10 Å². The van der Waals surface area contributed by atoms with Gasteiger partial charge < -0.3 is 30.6 Å². The lowest BCUT2D eigenvalue weighted by atomic mass is 9.92. The predicted octanol–water partition coefficient (Wildman–Crippen LogP) is 3.02. The van der Waals surface area contributed by atoms with Crippen molar-refractivity contribution in [2.24, 2.45) is 0 Å². The number of hydrogen-bond acceptors (Lipinski definition) is 10. The highest BCUT2D eigenvalue weighted by molar-refractivity contribution is 6.04. The molecule has 260 valence electrons. The summed E-state index contributed by atoms with van der Waals surface area (Å²) in [5, 5.41) is 35.7. The number of likely N-dealkylation sites (N-methyl/N-ethyl adjacent to an activating group) is 1. The molecule has 1 aliphatic carbocycles. The SMILES string of the molecule is CN1CCN(Cc2ccc3c(c2)c(=O)n([C@H]2CC[C@H](O)CC2)c2nc(NCCCC(F)(F)F)ncc32)CC1.O=CO.O=CO.O=CO. The number of piperazine rings is 1. The Morgan fingerprint density at radius 1 is 0.936 bits per heavy atom. The highest BCUT2D eigenvalue weighted by Gasteiger charge is 2.27. The summed E-state index contributed by atoms with van der Waals surface area (Å²) in [5.74, 6) is 0.203. The molecule has 1 saturated heterocycles. The maximum atomic E-state index is 14.0. The number of pyridine rings is 1. The number of fused-ring (bicyclic) bond motifs is 3. The maximum Gasteiger partial charge on any atom is 0.389 e. The smallest absolute Gasteiger partial charge is 0.389 e. The van der Waals surface area contributed by atoms with Gasteiger partial charge in [-0.2, -0.15) is 18.2 Å². The summed E-state index contributed by atoms with van der Waals surface area (Å²) in [4.78, 5) is 52.7. The van der Waals surface area contributed by atoms with Gasteiger partial charge in [0, 0.05) is 68.7 Å². The molecular formula is C30H41F3N6O8. The normalized spacial score (nSPS) is 18.4. The fraction of sp³-hybridized carbons (Fsp3) is 0.533. The minimum atomic E-state index is -4.21. The van der Waals surface area contributed by atoms with Crippen molar-refractivity contribution < 1.29 is 48.0 Å². The van der Waals surface area contributed by atoms with Gasteiger partial charge in [-0.3, -0.25) is 28.6 Å². The molecule has 3 aromatic rings. The zero-order chi connectivity index (χ0) is 35.0. The Labute approximate surface area is 268 Å². The number of aliphatic hydroxyl groups is 1. The van der Waals surface area contributed by atoms with E-state index in [0.29, 0.717) is 36.7 Å². The Kier molecular flexibility index (Phi) is 16.0. The molecule has 17 heteroatoms. The van der Waals surface area contributed by atoms with Crippen LogP contribution in [0.15, 0.2) is 29.2 Å². The van der Waals surface area contributed by atoms with E-state index < -0.39 is 12.6 Å². The molecule has 1 aliphatic heterocycles. The van der Waals surface area contributed by atoms with Crippen molar-refractivity contribution in [2.45, 2.75) is 63.4 Å². The van der Waals surface area contributed by atoms with Gasteiger partial charge in [0.2, 0.25) is 5.95 Å². The lowest BCUT2D eigenvalue weighted by molar-refractivity contribution is -0.135. The number of alkyl halides is 3. The van der Waals surface area contributed by atoms with Crippen molar-refractivity contribution >= 4 is 47.2 Å². The molecule has 2 fully saturated rings. The monoisotopic (exact) mass is 670 g/mol. The Morgan fingerprint density at radius 2 is 1.53 bits per heavy atom. The van der Waals surface area contributed by atoms with Crippen molar-refractivity contribution in [2.75, 3.05) is 45.1 Å². The molecule has 0 unspecified atom stereocenters. The van der Waals surface area contributed by atoms with Crippen molar-refractivity contribution in [3.05, 3.63) is 40.3 Å². The number of aliphatic hydroxyl groups excluding tert-OH is 1. The first-order valence-corrected chi connectivity index (χ1v) is 14.9. The third-order valence-electron chi connectivity index (χ3n) is 7.77. The second kappa shape index (κ2) is 19.3. The summed E-state index contributed by atoms with van der Waals surface area (Å²) in [6, 6.07) is 5.86. The van der Waals surface area contributed by atoms with E-state index in [9.17, 15) is 23.1 Å². The van der Waals surface area contributed by atoms with Gasteiger partial charge in [0.25, 0.3) is 25.0 Å². The van der Waals surface area contributed by atoms with Crippen LogP contribution in [-0.2, 0) is 20.9 Å². The average molecular weight is 671 g/mol. The molecule has 0 radical (unpaired) electrons. The quantitative estimate of drug-likeness (QED) is 0.140. The molecule has 0 bridgehead atoms. The summed E-state index contributed by atoms with van der Waals surface area (Å²) < 4.78 is 39.3. The number of hydrogen-bond donors (Lipinski definition) is 5. The van der Waals surface area contributed by atoms with Crippen molar-refractivity contribution in [3.63, 3.8) is 0 Å². The van der Waals surface area contributed by atoms with Gasteiger partial charge in [-0.25, -0.2) is 4.98 Å². The summed E-state index contributed by atoms with van der Waals surface area (Å²) in [7, 11) is 2.12. The molecule has 0 spiro atoms. The van der Waals surface area contributed by atoms with E-state index in [0.717, 1.165) is 49.1 Å². The Morgan fingerprint density at radius 3 is 2.11 bits per heavy atom. The van der Waals surface area contributed by atoms with Crippen LogP contribution in [0, 0.1) is 0 Å². The molecule has 5 N–H and O–H groups in total. The van der Waals surface area contributed by atoms with Crippen molar-refractivity contribution in [1.29, 1.82) is 0 Å². The first kappa shape index (κ1) is 38.8. The number of anilines is 1. The van der Waals surface area contributed by atoms with Crippen LogP contribution in [0.2, 0.25) is 0 Å². The summed E-state index contributed by atoms with van der Waals surface area (Å²) in [5.41, 5.74) is 1.42. The zero-order valence-electron chi connectivity index (χ0n) is 26.0. The molecule has 2 aromatic heterocycles. The highest BCUT2D eigenvalue weighted by atomic mass is 19.4. The van der Waals surface area contributed by atoms with Crippen LogP contribution in [0.3, 0.4) is 0 Å². The zero-order valence-corrected chi connectivity index (χ0v) is 26.0. The average Bonchev–Trinajstić information content (AvgIpc) is 3.02. The molecule has 1 saturated carbocycles. The van der Waals surface area contributed by atoms with E-state index in [1.807, 2.05) is 18.2 Å². The molecule has 2 aliphatic rings. The van der Waals surface area contributed by atoms with Crippen LogP contribution >= 0.6 is 0 Å². The standard InChI is InChI=1S/C27H35F3N6O2.3CH2O2/c1-34-11-13-35(14-12-34)17-18-3-8-21-22(15-18)25(38)36(19-4-6-20(37)7-5-19)24-23(21)16-32-26(33-24)31-10-2-9-27(28,29)30;3*2-1-3/h3,8,15-16,19-20,37H,2,4-7,9-14,17H2,1H3,(H,31,32,33);3*1H,(H,2,3)/t19-,20-;;;. The molecule has 14 nitrogen and oxygen atoms in total. The minimum Gasteiger partial charge on any atom is -0.483 e. The van der Waals surface area contributed by atoms with E-state index >= 15 is 0 Å². The third kappa shape index (κ3) is 12.1. The van der Waals surface area contributed by atoms with Crippen LogP contribution in [0.4, 0.5) is 19.1 Å². The van der Waals surface area contributed by atoms with Gasteiger partial charge in [0.1, 0.15) is 5.65 Å². The minimum absolute atomic E-state index is 0.0775. The Bertz CT molecular complexity index is 1480. The number of nitrogens with zero attached hydrogens (tertiary/aromatic N) is 5. The molecule has 5 rings (SSSR count). The first-order chi connectivity index (χ1) is 22.4. The summed E-state index contributed by atoms with van der Waals surface area (Å²) >= 11 is 0. The fourth-order valence-electron chi connectivity index (χ4n) is 5.57. The number of halogens is 3. The van der Waals surface area contributed by atoms with E-state index in [1.165, 1.54) is 0 Å². The lowest BCUT2D eigenvalue weighted by Crippen LogP contribution is -2.43. The predicted molar refractivity (Wildman–Crippen MR) is 167 cm³/mol. The number of aromatic nitrogens is 3. The molecule has 0 atom stereocenters. The van der Waals surface area contributed by atoms with Crippen molar-refractivity contribution in [3.8, 4) is 0 Å². The van der Waals surface area contributed by atoms with Crippen LogP contribution < -0.4 is 10.9 Å². The van der Waals surface area contributed by atoms with Gasteiger partial charge >= 0.3 is 6.18 Å². The largest absolute Gasteiger partial charge is 0.483 e. The number of carboxylic acid groups (broad SMARTS) is 3. The molecular weight excluding hydrogens is 629 g/mol. The van der Waals surface area contributed by atoms with Crippen LogP contribution in [0.25, 0.3) is 21.8 Å². The van der Waals surface area contributed by atoms with E-state index in [4.69, 9.17) is 29.7 Å².